The van der Waals surface area contributed by atoms with Crippen LogP contribution < -0.4 is 18.9 Å². The first kappa shape index (κ1) is 22.3. The maximum atomic E-state index is 12.7. The molecule has 31 heavy (non-hydrogen) atoms. The van der Waals surface area contributed by atoms with Crippen LogP contribution in [0.1, 0.15) is 40.0 Å². The molecule has 0 aromatic heterocycles. The summed E-state index contributed by atoms with van der Waals surface area (Å²) in [4.78, 5) is 25.5. The molecule has 2 aromatic carbocycles. The molecule has 0 amide bonds. The molecule has 2 aromatic rings. The summed E-state index contributed by atoms with van der Waals surface area (Å²) in [7, 11) is 5.99. The minimum Gasteiger partial charge on any atom is -0.497 e. The number of esters is 2. The lowest BCUT2D eigenvalue weighted by atomic mass is 10.1. The Kier molecular flexibility index (Phi) is 7.23. The molecule has 0 spiro atoms. The zero-order valence-electron chi connectivity index (χ0n) is 18.0. The molecule has 2 atom stereocenters. The SMILES string of the molecule is COc1ccc(C(=O)OC2CCCC2OC(=O)c2ccc(OC)cc2OC)c(OC)c1. The van der Waals surface area contributed by atoms with Gasteiger partial charge in [0.05, 0.1) is 28.4 Å². The molecule has 3 rings (SSSR count). The molecule has 1 saturated carbocycles. The third-order valence-electron chi connectivity index (χ3n) is 5.17. The number of benzene rings is 2. The quantitative estimate of drug-likeness (QED) is 0.586. The summed E-state index contributed by atoms with van der Waals surface area (Å²) in [5, 5.41) is 0. The number of ether oxygens (including phenoxy) is 6. The first-order chi connectivity index (χ1) is 15.0. The zero-order valence-corrected chi connectivity index (χ0v) is 18.0. The Hall–Kier alpha value is -3.42. The highest BCUT2D eigenvalue weighted by atomic mass is 16.6. The predicted molar refractivity (Wildman–Crippen MR) is 111 cm³/mol. The summed E-state index contributed by atoms with van der Waals surface area (Å²) in [6.45, 7) is 0. The van der Waals surface area contributed by atoms with Gasteiger partial charge in [0, 0.05) is 12.1 Å². The van der Waals surface area contributed by atoms with E-state index in [4.69, 9.17) is 28.4 Å². The van der Waals surface area contributed by atoms with E-state index in [0.29, 0.717) is 35.8 Å². The van der Waals surface area contributed by atoms with Crippen LogP contribution in [-0.4, -0.2) is 52.6 Å². The van der Waals surface area contributed by atoms with Gasteiger partial charge in [0.2, 0.25) is 0 Å². The second-order valence-corrected chi connectivity index (χ2v) is 6.95. The molecule has 1 aliphatic rings. The lowest BCUT2D eigenvalue weighted by molar-refractivity contribution is -0.0242. The Morgan fingerprint density at radius 3 is 1.45 bits per heavy atom. The summed E-state index contributed by atoms with van der Waals surface area (Å²) >= 11 is 0. The average molecular weight is 430 g/mol. The normalized spacial score (nSPS) is 17.5. The van der Waals surface area contributed by atoms with Gasteiger partial charge in [-0.15, -0.1) is 0 Å². The second kappa shape index (κ2) is 10.1. The fourth-order valence-electron chi connectivity index (χ4n) is 3.50. The number of hydrogen-bond acceptors (Lipinski definition) is 8. The maximum absolute atomic E-state index is 12.7. The van der Waals surface area contributed by atoms with Gasteiger partial charge >= 0.3 is 11.9 Å². The number of methoxy groups -OCH3 is 4. The van der Waals surface area contributed by atoms with Crippen LogP contribution in [0.3, 0.4) is 0 Å². The van der Waals surface area contributed by atoms with Gasteiger partial charge < -0.3 is 28.4 Å². The van der Waals surface area contributed by atoms with E-state index in [1.807, 2.05) is 0 Å². The van der Waals surface area contributed by atoms with Crippen molar-refractivity contribution in [2.45, 2.75) is 31.5 Å². The van der Waals surface area contributed by atoms with Crippen molar-refractivity contribution in [2.75, 3.05) is 28.4 Å². The number of rotatable bonds is 8. The first-order valence-corrected chi connectivity index (χ1v) is 9.86. The Bertz CT molecular complexity index is 864. The standard InChI is InChI=1S/C23H26O8/c1-26-14-8-10-16(20(12-14)28-3)22(24)30-18-6-5-7-19(18)31-23(25)17-11-9-15(27-2)13-21(17)29-4/h8-13,18-19H,5-7H2,1-4H3. The van der Waals surface area contributed by atoms with E-state index in [9.17, 15) is 9.59 Å². The number of carbonyl (C=O) groups is 2. The number of hydrogen-bond donors (Lipinski definition) is 0. The van der Waals surface area contributed by atoms with Gasteiger partial charge in [-0.1, -0.05) is 0 Å². The third-order valence-corrected chi connectivity index (χ3v) is 5.17. The topological polar surface area (TPSA) is 89.5 Å². The Morgan fingerprint density at radius 1 is 0.677 bits per heavy atom. The van der Waals surface area contributed by atoms with E-state index >= 15 is 0 Å². The molecular formula is C23H26O8. The molecule has 1 fully saturated rings. The molecule has 0 aliphatic heterocycles. The fraction of sp³-hybridized carbons (Fsp3) is 0.391. The van der Waals surface area contributed by atoms with E-state index < -0.39 is 24.1 Å². The molecule has 0 saturated heterocycles. The molecule has 0 radical (unpaired) electrons. The highest BCUT2D eigenvalue weighted by Crippen LogP contribution is 2.31. The van der Waals surface area contributed by atoms with Crippen LogP contribution in [0.2, 0.25) is 0 Å². The largest absolute Gasteiger partial charge is 0.497 e. The Labute approximate surface area is 181 Å². The second-order valence-electron chi connectivity index (χ2n) is 6.95. The van der Waals surface area contributed by atoms with Gasteiger partial charge in [-0.2, -0.15) is 0 Å². The van der Waals surface area contributed by atoms with Crippen LogP contribution >= 0.6 is 0 Å². The van der Waals surface area contributed by atoms with Crippen molar-refractivity contribution >= 4 is 11.9 Å². The van der Waals surface area contributed by atoms with Crippen molar-refractivity contribution in [3.63, 3.8) is 0 Å². The molecule has 1 aliphatic carbocycles. The molecule has 166 valence electrons. The smallest absolute Gasteiger partial charge is 0.342 e. The first-order valence-electron chi connectivity index (χ1n) is 9.86. The minimum atomic E-state index is -0.549. The van der Waals surface area contributed by atoms with Crippen LogP contribution in [0.15, 0.2) is 36.4 Å². The lowest BCUT2D eigenvalue weighted by Gasteiger charge is -2.21. The van der Waals surface area contributed by atoms with Gasteiger partial charge in [-0.05, 0) is 43.5 Å². The Balaban J connectivity index is 1.70. The van der Waals surface area contributed by atoms with Crippen molar-refractivity contribution in [1.82, 2.24) is 0 Å². The molecular weight excluding hydrogens is 404 g/mol. The fourth-order valence-corrected chi connectivity index (χ4v) is 3.50. The number of carbonyl (C=O) groups excluding carboxylic acids is 2. The zero-order chi connectivity index (χ0) is 22.4. The van der Waals surface area contributed by atoms with E-state index in [2.05, 4.69) is 0 Å². The highest BCUT2D eigenvalue weighted by molar-refractivity contribution is 5.94. The van der Waals surface area contributed by atoms with Crippen LogP contribution in [0, 0.1) is 0 Å². The maximum Gasteiger partial charge on any atom is 0.342 e. The van der Waals surface area contributed by atoms with Crippen molar-refractivity contribution in [3.05, 3.63) is 47.5 Å². The van der Waals surface area contributed by atoms with E-state index in [1.54, 1.807) is 36.4 Å². The van der Waals surface area contributed by atoms with Gasteiger partial charge in [0.25, 0.3) is 0 Å². The van der Waals surface area contributed by atoms with Crippen LogP contribution in [0.4, 0.5) is 0 Å². The molecule has 0 bridgehead atoms. The molecule has 8 heteroatoms. The van der Waals surface area contributed by atoms with Gasteiger partial charge in [0.1, 0.15) is 46.3 Å². The van der Waals surface area contributed by atoms with Crippen LogP contribution in [-0.2, 0) is 9.47 Å². The highest BCUT2D eigenvalue weighted by Gasteiger charge is 2.35. The lowest BCUT2D eigenvalue weighted by Crippen LogP contribution is -2.31. The molecule has 2 unspecified atom stereocenters. The van der Waals surface area contributed by atoms with Crippen molar-refractivity contribution in [3.8, 4) is 23.0 Å². The van der Waals surface area contributed by atoms with E-state index in [0.717, 1.165) is 6.42 Å². The summed E-state index contributed by atoms with van der Waals surface area (Å²) < 4.78 is 32.2. The van der Waals surface area contributed by atoms with Crippen LogP contribution in [0.5, 0.6) is 23.0 Å². The van der Waals surface area contributed by atoms with Gasteiger partial charge in [-0.3, -0.25) is 0 Å². The van der Waals surface area contributed by atoms with Crippen molar-refractivity contribution in [2.24, 2.45) is 0 Å². The minimum absolute atomic E-state index is 0.275. The molecule has 8 nitrogen and oxygen atoms in total. The summed E-state index contributed by atoms with van der Waals surface area (Å²) in [6.07, 6.45) is 0.874. The summed E-state index contributed by atoms with van der Waals surface area (Å²) in [6, 6.07) is 9.69. The van der Waals surface area contributed by atoms with Gasteiger partial charge in [0.15, 0.2) is 0 Å². The van der Waals surface area contributed by atoms with Crippen molar-refractivity contribution in [1.29, 1.82) is 0 Å². The monoisotopic (exact) mass is 430 g/mol. The van der Waals surface area contributed by atoms with Crippen molar-refractivity contribution < 1.29 is 38.0 Å². The molecule has 0 heterocycles. The van der Waals surface area contributed by atoms with Gasteiger partial charge in [-0.25, -0.2) is 9.59 Å². The van der Waals surface area contributed by atoms with Crippen LogP contribution in [0.25, 0.3) is 0 Å². The third kappa shape index (κ3) is 5.02. The Morgan fingerprint density at radius 2 is 1.10 bits per heavy atom. The summed E-state index contributed by atoms with van der Waals surface area (Å²) in [5.74, 6) is 0.728. The predicted octanol–water partition coefficient (Wildman–Crippen LogP) is 3.66. The summed E-state index contributed by atoms with van der Waals surface area (Å²) in [5.41, 5.74) is 0.550. The van der Waals surface area contributed by atoms with E-state index in [1.165, 1.54) is 28.4 Å². The average Bonchev–Trinajstić information content (AvgIpc) is 3.23. The van der Waals surface area contributed by atoms with E-state index in [-0.39, 0.29) is 11.1 Å². The molecule has 0 N–H and O–H groups in total.